The molecule has 0 aliphatic carbocycles. The van der Waals surface area contributed by atoms with Crippen LogP contribution in [0.4, 0.5) is 0 Å². The minimum Gasteiger partial charge on any atom is -0.380 e. The lowest BCUT2D eigenvalue weighted by molar-refractivity contribution is -0.0980. The molecule has 1 atom stereocenters. The highest BCUT2D eigenvalue weighted by Gasteiger charge is 2.31. The van der Waals surface area contributed by atoms with E-state index in [1.807, 2.05) is 25.8 Å². The number of nitrogens with zero attached hydrogens (tertiary/aromatic N) is 3. The van der Waals surface area contributed by atoms with Crippen molar-refractivity contribution in [1.82, 2.24) is 20.0 Å². The Bertz CT molecular complexity index is 971. The van der Waals surface area contributed by atoms with Crippen molar-refractivity contribution in [2.45, 2.75) is 19.1 Å². The number of carbonyl (C=O) groups excluding carboxylic acids is 3. The largest absolute Gasteiger partial charge is 0.380 e. The predicted molar refractivity (Wildman–Crippen MR) is 106 cm³/mol. The van der Waals surface area contributed by atoms with Crippen LogP contribution in [0.2, 0.25) is 0 Å². The zero-order valence-electron chi connectivity index (χ0n) is 16.3. The Kier molecular flexibility index (Phi) is 7.25. The van der Waals surface area contributed by atoms with Gasteiger partial charge in [0.2, 0.25) is 0 Å². The number of hydrogen-bond acceptors (Lipinski definition) is 6. The van der Waals surface area contributed by atoms with E-state index in [0.717, 1.165) is 6.54 Å². The molecular weight excluding hydrogens is 374 g/mol. The molecule has 1 aliphatic heterocycles. The maximum atomic E-state index is 12.1. The number of aromatic nitrogens is 2. The summed E-state index contributed by atoms with van der Waals surface area (Å²) < 4.78 is 1.41. The van der Waals surface area contributed by atoms with Gasteiger partial charge in [-0.3, -0.25) is 9.59 Å². The average Bonchev–Trinajstić information content (AvgIpc) is 3.27. The van der Waals surface area contributed by atoms with Gasteiger partial charge in [0.25, 0.3) is 11.8 Å². The zero-order chi connectivity index (χ0) is 21.6. The van der Waals surface area contributed by atoms with E-state index in [2.05, 4.69) is 22.3 Å². The topological polar surface area (TPSA) is 131 Å². The molecule has 4 N–H and O–H groups in total. The molecule has 2 heterocycles. The van der Waals surface area contributed by atoms with Crippen molar-refractivity contribution in [2.75, 3.05) is 20.6 Å². The van der Waals surface area contributed by atoms with Gasteiger partial charge >= 0.3 is 0 Å². The van der Waals surface area contributed by atoms with E-state index < -0.39 is 12.0 Å². The van der Waals surface area contributed by atoms with Gasteiger partial charge in [-0.1, -0.05) is 17.9 Å². The Morgan fingerprint density at radius 2 is 2.17 bits per heavy atom. The van der Waals surface area contributed by atoms with Gasteiger partial charge in [-0.15, -0.1) is 0 Å². The fourth-order valence-corrected chi connectivity index (χ4v) is 2.82. The Balaban J connectivity index is 0.00000145. The highest BCUT2D eigenvalue weighted by Crippen LogP contribution is 2.23. The molecule has 0 saturated carbocycles. The minimum absolute atomic E-state index is 0.0824. The molecule has 0 spiro atoms. The molecule has 2 amide bonds. The maximum absolute atomic E-state index is 12.1. The highest BCUT2D eigenvalue weighted by molar-refractivity contribution is 6.02. The van der Waals surface area contributed by atoms with Crippen LogP contribution in [0.1, 0.15) is 38.5 Å². The standard InChI is InChI=1S/C19H21N5O3.CH2O/c1-23(2)9-8-14(25)7-6-12-4-3-5-13(10-12)24-17-15(11-21-19(17)27)16(22-24)18(20)26;1-2/h3-5,10,14,25H,8-9,11H2,1-2H3,(H2,20,26)(H,21,27);1H2. The second-order valence-electron chi connectivity index (χ2n) is 6.56. The van der Waals surface area contributed by atoms with E-state index in [9.17, 15) is 14.7 Å². The van der Waals surface area contributed by atoms with Crippen LogP contribution in [-0.2, 0) is 11.3 Å². The number of primary amides is 1. The first-order chi connectivity index (χ1) is 13.9. The van der Waals surface area contributed by atoms with Gasteiger partial charge in [0.15, 0.2) is 5.69 Å². The third-order valence-corrected chi connectivity index (χ3v) is 4.18. The molecule has 0 bridgehead atoms. The van der Waals surface area contributed by atoms with Crippen molar-refractivity contribution < 1.29 is 19.5 Å². The molecule has 1 aromatic carbocycles. The van der Waals surface area contributed by atoms with Crippen molar-refractivity contribution >= 4 is 18.6 Å². The van der Waals surface area contributed by atoms with Crippen LogP contribution >= 0.6 is 0 Å². The van der Waals surface area contributed by atoms with Crippen LogP contribution < -0.4 is 11.1 Å². The Hall–Kier alpha value is -3.48. The molecule has 3 rings (SSSR count). The van der Waals surface area contributed by atoms with Crippen LogP contribution in [0.25, 0.3) is 5.69 Å². The van der Waals surface area contributed by atoms with E-state index in [1.54, 1.807) is 24.3 Å². The van der Waals surface area contributed by atoms with Crippen LogP contribution in [0, 0.1) is 11.8 Å². The van der Waals surface area contributed by atoms with E-state index in [0.29, 0.717) is 28.9 Å². The van der Waals surface area contributed by atoms with Crippen LogP contribution in [0.15, 0.2) is 24.3 Å². The number of aliphatic hydroxyl groups is 1. The molecule has 0 fully saturated rings. The quantitative estimate of drug-likeness (QED) is 0.594. The van der Waals surface area contributed by atoms with Crippen LogP contribution in [-0.4, -0.2) is 65.1 Å². The molecular formula is C20H23N5O4. The molecule has 2 aromatic rings. The first kappa shape index (κ1) is 21.8. The van der Waals surface area contributed by atoms with E-state index >= 15 is 0 Å². The Labute approximate surface area is 168 Å². The number of benzene rings is 1. The number of aliphatic hydroxyl groups excluding tert-OH is 1. The summed E-state index contributed by atoms with van der Waals surface area (Å²) in [5, 5.41) is 16.8. The molecule has 1 aliphatic rings. The number of amides is 2. The van der Waals surface area contributed by atoms with Gasteiger partial charge < -0.3 is 25.9 Å². The number of nitrogens with one attached hydrogen (secondary N) is 1. The van der Waals surface area contributed by atoms with E-state index in [1.165, 1.54) is 4.68 Å². The van der Waals surface area contributed by atoms with Gasteiger partial charge in [0, 0.05) is 24.2 Å². The monoisotopic (exact) mass is 397 g/mol. The zero-order valence-corrected chi connectivity index (χ0v) is 16.3. The summed E-state index contributed by atoms with van der Waals surface area (Å²) in [6.45, 7) is 2.96. The fraction of sp³-hybridized carbons (Fsp3) is 0.300. The molecule has 9 nitrogen and oxygen atoms in total. The van der Waals surface area contributed by atoms with Gasteiger partial charge in [-0.05, 0) is 38.7 Å². The van der Waals surface area contributed by atoms with E-state index in [4.69, 9.17) is 10.5 Å². The minimum atomic E-state index is -0.725. The van der Waals surface area contributed by atoms with Crippen LogP contribution in [0.5, 0.6) is 0 Å². The summed E-state index contributed by atoms with van der Waals surface area (Å²) in [6, 6.07) is 7.08. The molecule has 9 heteroatoms. The lowest BCUT2D eigenvalue weighted by Crippen LogP contribution is -2.20. The smallest absolute Gasteiger partial charge is 0.270 e. The van der Waals surface area contributed by atoms with Crippen LogP contribution in [0.3, 0.4) is 0 Å². The fourth-order valence-electron chi connectivity index (χ4n) is 2.82. The second-order valence-corrected chi connectivity index (χ2v) is 6.56. The second kappa shape index (κ2) is 9.64. The Morgan fingerprint density at radius 1 is 1.45 bits per heavy atom. The summed E-state index contributed by atoms with van der Waals surface area (Å²) >= 11 is 0. The van der Waals surface area contributed by atoms with Gasteiger partial charge in [-0.2, -0.15) is 5.10 Å². The predicted octanol–water partition coefficient (Wildman–Crippen LogP) is -0.306. The average molecular weight is 397 g/mol. The van der Waals surface area contributed by atoms with Crippen molar-refractivity contribution in [2.24, 2.45) is 5.73 Å². The van der Waals surface area contributed by atoms with Crippen molar-refractivity contribution in [1.29, 1.82) is 0 Å². The number of nitrogens with two attached hydrogens (primary N) is 1. The summed E-state index contributed by atoms with van der Waals surface area (Å²) in [5.74, 6) is 4.76. The first-order valence-corrected chi connectivity index (χ1v) is 8.80. The molecule has 29 heavy (non-hydrogen) atoms. The lowest BCUT2D eigenvalue weighted by atomic mass is 10.1. The Morgan fingerprint density at radius 3 is 2.83 bits per heavy atom. The summed E-state index contributed by atoms with van der Waals surface area (Å²) in [4.78, 5) is 33.7. The summed E-state index contributed by atoms with van der Waals surface area (Å²) in [7, 11) is 3.87. The molecule has 1 aromatic heterocycles. The first-order valence-electron chi connectivity index (χ1n) is 8.80. The third-order valence-electron chi connectivity index (χ3n) is 4.18. The van der Waals surface area contributed by atoms with E-state index in [-0.39, 0.29) is 18.1 Å². The summed E-state index contributed by atoms with van der Waals surface area (Å²) in [6.07, 6.45) is -0.175. The molecule has 1 unspecified atom stereocenters. The summed E-state index contributed by atoms with van der Waals surface area (Å²) in [5.41, 5.74) is 7.52. The molecule has 152 valence electrons. The highest BCUT2D eigenvalue weighted by atomic mass is 16.3. The van der Waals surface area contributed by atoms with Crippen molar-refractivity contribution in [3.63, 3.8) is 0 Å². The molecule has 0 radical (unpaired) electrons. The maximum Gasteiger partial charge on any atom is 0.270 e. The van der Waals surface area contributed by atoms with Gasteiger partial charge in [-0.25, -0.2) is 4.68 Å². The normalized spacial score (nSPS) is 12.9. The number of carbonyl (C=O) groups is 3. The van der Waals surface area contributed by atoms with Gasteiger partial charge in [0.1, 0.15) is 18.6 Å². The SMILES string of the molecule is C=O.CN(C)CCC(O)C#Cc1cccc(-n2nc(C(N)=O)c3c2C(=O)NC3)c1. The van der Waals surface area contributed by atoms with Gasteiger partial charge in [0.05, 0.1) is 5.69 Å². The lowest BCUT2D eigenvalue weighted by Gasteiger charge is -2.09. The number of hydrogen-bond donors (Lipinski definition) is 3. The number of rotatable bonds is 5. The van der Waals surface area contributed by atoms with Crippen molar-refractivity contribution in [3.05, 3.63) is 46.8 Å². The molecule has 0 saturated heterocycles. The number of fused-ring (bicyclic) bond motifs is 1. The third kappa shape index (κ3) is 5.07. The van der Waals surface area contributed by atoms with Crippen molar-refractivity contribution in [3.8, 4) is 17.5 Å².